The maximum absolute atomic E-state index is 2.25. The molecule has 7 aromatic rings. The second-order valence-corrected chi connectivity index (χ2v) is 7.34. The summed E-state index contributed by atoms with van der Waals surface area (Å²) in [5.74, 6) is 0. The molecule has 0 atom stereocenters. The molecule has 156 valence electrons. The normalized spacial score (nSPS) is 10.3. The van der Waals surface area contributed by atoms with Gasteiger partial charge in [-0.05, 0) is 43.1 Å². The van der Waals surface area contributed by atoms with E-state index >= 15 is 0 Å². The average molecular weight is 438 g/mol. The van der Waals surface area contributed by atoms with Gasteiger partial charge in [-0.1, -0.05) is 72.8 Å². The Kier molecular flexibility index (Phi) is 6.48. The van der Waals surface area contributed by atoms with Crippen molar-refractivity contribution < 1.29 is 17.1 Å². The molecule has 0 spiro atoms. The van der Waals surface area contributed by atoms with Gasteiger partial charge < -0.3 is 30.3 Å². The molecule has 0 heterocycles. The molecule has 0 radical (unpaired) electrons. The molecule has 0 unspecified atom stereocenters. The number of rotatable bonds is 0. The van der Waals surface area contributed by atoms with Gasteiger partial charge in [-0.2, -0.15) is 18.2 Å². The Labute approximate surface area is 193 Å². The monoisotopic (exact) mass is 438 g/mol. The van der Waals surface area contributed by atoms with Gasteiger partial charge in [-0.25, -0.2) is 12.1 Å². The maximum Gasteiger partial charge on any atom is 0 e. The van der Waals surface area contributed by atoms with E-state index in [1.54, 1.807) is 0 Å². The van der Waals surface area contributed by atoms with Crippen molar-refractivity contribution in [2.45, 2.75) is 0 Å². The van der Waals surface area contributed by atoms with Crippen LogP contribution in [0.15, 0.2) is 133 Å². The van der Waals surface area contributed by atoms with Crippen LogP contribution in [0.1, 0.15) is 0 Å². The third kappa shape index (κ3) is 4.11. The minimum atomic E-state index is 0. The van der Waals surface area contributed by atoms with Gasteiger partial charge in [0.05, 0.1) is 0 Å². The zero-order valence-electron chi connectivity index (χ0n) is 17.1. The van der Waals surface area contributed by atoms with E-state index in [9.17, 15) is 0 Å². The summed E-state index contributed by atoms with van der Waals surface area (Å²) >= 11 is 0. The molecule has 0 aromatic heterocycles. The Bertz CT molecular complexity index is 1240. The van der Waals surface area contributed by atoms with Crippen molar-refractivity contribution in [3.05, 3.63) is 133 Å². The minimum absolute atomic E-state index is 0. The largest absolute Gasteiger partial charge is 0.748 e. The van der Waals surface area contributed by atoms with Crippen LogP contribution in [0.5, 0.6) is 0 Å². The maximum atomic E-state index is 2.25. The smallest absolute Gasteiger partial charge is 0 e. The van der Waals surface area contributed by atoms with Crippen LogP contribution in [0.2, 0.25) is 0 Å². The second-order valence-electron chi connectivity index (χ2n) is 7.34. The van der Waals surface area contributed by atoms with Crippen LogP contribution in [0, 0.1) is 0 Å². The van der Waals surface area contributed by atoms with Gasteiger partial charge in [-0.3, -0.25) is 0 Å². The molecule has 0 saturated heterocycles. The van der Waals surface area contributed by atoms with Crippen molar-refractivity contribution in [1.29, 1.82) is 0 Å². The number of hydrogen-bond donors (Lipinski definition) is 0. The Balaban J connectivity index is 0.000000175. The Hall–Kier alpha value is -3.38. The molecular formula is C30H22Fe-6. The van der Waals surface area contributed by atoms with Gasteiger partial charge in [0.15, 0.2) is 0 Å². The van der Waals surface area contributed by atoms with Crippen LogP contribution in [-0.2, 0) is 17.1 Å². The molecule has 0 fully saturated rings. The fourth-order valence-corrected chi connectivity index (χ4v) is 4.22. The van der Waals surface area contributed by atoms with Gasteiger partial charge in [-0.15, -0.1) is 0 Å². The van der Waals surface area contributed by atoms with Crippen LogP contribution in [0.25, 0.3) is 43.1 Å². The molecule has 0 bridgehead atoms. The van der Waals surface area contributed by atoms with Gasteiger partial charge in [0.1, 0.15) is 0 Å². The van der Waals surface area contributed by atoms with Crippen LogP contribution in [-0.4, -0.2) is 0 Å². The van der Waals surface area contributed by atoms with Gasteiger partial charge in [0.25, 0.3) is 0 Å². The van der Waals surface area contributed by atoms with E-state index in [-0.39, 0.29) is 17.1 Å². The molecule has 31 heavy (non-hydrogen) atoms. The molecule has 7 aromatic carbocycles. The van der Waals surface area contributed by atoms with E-state index in [1.807, 2.05) is 60.7 Å². The summed E-state index contributed by atoms with van der Waals surface area (Å²) < 4.78 is 0. The minimum Gasteiger partial charge on any atom is -0.748 e. The second kappa shape index (κ2) is 9.62. The first-order valence-electron chi connectivity index (χ1n) is 10.3. The van der Waals surface area contributed by atoms with Crippen LogP contribution < -0.4 is 0 Å². The molecular weight excluding hydrogens is 416 g/mol. The summed E-state index contributed by atoms with van der Waals surface area (Å²) in [5.41, 5.74) is 0. The first-order chi connectivity index (χ1) is 14.9. The van der Waals surface area contributed by atoms with E-state index in [0.717, 1.165) is 0 Å². The van der Waals surface area contributed by atoms with E-state index in [1.165, 1.54) is 43.1 Å². The molecule has 0 saturated carbocycles. The van der Waals surface area contributed by atoms with Crippen molar-refractivity contribution in [2.75, 3.05) is 0 Å². The van der Waals surface area contributed by atoms with E-state index in [4.69, 9.17) is 0 Å². The van der Waals surface area contributed by atoms with Gasteiger partial charge in [0, 0.05) is 17.1 Å². The van der Waals surface area contributed by atoms with Crippen LogP contribution >= 0.6 is 0 Å². The predicted octanol–water partition coefficient (Wildman–Crippen LogP) is 8.55. The number of benzene rings is 5. The quantitative estimate of drug-likeness (QED) is 0.0963. The number of hydrogen-bond acceptors (Lipinski definition) is 0. The van der Waals surface area contributed by atoms with Crippen molar-refractivity contribution in [2.24, 2.45) is 0 Å². The van der Waals surface area contributed by atoms with E-state index in [0.29, 0.717) is 0 Å². The van der Waals surface area contributed by atoms with Gasteiger partial charge in [0.2, 0.25) is 0 Å². The van der Waals surface area contributed by atoms with Crippen molar-refractivity contribution >= 4 is 43.1 Å². The summed E-state index contributed by atoms with van der Waals surface area (Å²) in [5, 5.41) is 10.9. The molecule has 0 amide bonds. The molecule has 0 aliphatic heterocycles. The molecule has 0 aliphatic rings. The summed E-state index contributed by atoms with van der Waals surface area (Å²) in [6.45, 7) is 0. The number of fused-ring (bicyclic) bond motifs is 2. The summed E-state index contributed by atoms with van der Waals surface area (Å²) in [7, 11) is 0. The van der Waals surface area contributed by atoms with Crippen molar-refractivity contribution in [3.63, 3.8) is 0 Å². The topological polar surface area (TPSA) is 0 Å². The van der Waals surface area contributed by atoms with Gasteiger partial charge >= 0.3 is 0 Å². The van der Waals surface area contributed by atoms with E-state index in [2.05, 4.69) is 72.8 Å². The Morgan fingerprint density at radius 2 is 0.710 bits per heavy atom. The molecule has 1 heteroatoms. The summed E-state index contributed by atoms with van der Waals surface area (Å²) in [6, 6.07) is 46.4. The van der Waals surface area contributed by atoms with E-state index < -0.39 is 0 Å². The molecule has 0 nitrogen and oxygen atoms in total. The first kappa shape index (κ1) is 20.9. The first-order valence-corrected chi connectivity index (χ1v) is 10.3. The van der Waals surface area contributed by atoms with Crippen molar-refractivity contribution in [1.82, 2.24) is 0 Å². The molecule has 7 rings (SSSR count). The SMILES string of the molecule is [Fe].[cH-]1[cH-][cH-][cH-][cH-]1.c1cc2cccc3c4cccc5cccc(c(c1)c23)c54.c1cc[cH-]c1. The third-order valence-electron chi connectivity index (χ3n) is 5.50. The van der Waals surface area contributed by atoms with Crippen molar-refractivity contribution in [3.8, 4) is 0 Å². The third-order valence-corrected chi connectivity index (χ3v) is 5.50. The Morgan fingerprint density at radius 1 is 0.387 bits per heavy atom. The fourth-order valence-electron chi connectivity index (χ4n) is 4.22. The standard InChI is InChI=1S/C20H12.2C5H5.Fe/c1-5-13-6-2-11-17-18-12-4-8-14-7-3-10-16(20(14)18)15(9-1)19(13)17;2*1-2-4-5-3-1;/h1-12H;2*1-5H;/q;-5;-1;. The molecule has 0 aliphatic carbocycles. The summed E-state index contributed by atoms with van der Waals surface area (Å²) in [4.78, 5) is 0. The zero-order valence-corrected chi connectivity index (χ0v) is 18.2. The van der Waals surface area contributed by atoms with Crippen LogP contribution in [0.3, 0.4) is 0 Å². The Morgan fingerprint density at radius 3 is 0.968 bits per heavy atom. The zero-order chi connectivity index (χ0) is 20.2. The summed E-state index contributed by atoms with van der Waals surface area (Å²) in [6.07, 6.45) is 0. The average Bonchev–Trinajstić information content (AvgIpc) is 3.57. The van der Waals surface area contributed by atoms with Crippen LogP contribution in [0.4, 0.5) is 0 Å². The molecule has 0 N–H and O–H groups in total. The predicted molar refractivity (Wildman–Crippen MR) is 132 cm³/mol. The fraction of sp³-hybridized carbons (Fsp3) is 0.